The predicted octanol–water partition coefficient (Wildman–Crippen LogP) is 3.22. The van der Waals surface area contributed by atoms with Gasteiger partial charge in [0, 0.05) is 12.0 Å². The molecular weight excluding hydrogens is 262 g/mol. The first-order valence-electron chi connectivity index (χ1n) is 7.04. The number of ether oxygens (including phenoxy) is 1. The third-order valence-corrected chi connectivity index (χ3v) is 3.59. The Hall–Kier alpha value is -2.42. The van der Waals surface area contributed by atoms with Crippen LogP contribution in [0.2, 0.25) is 0 Å². The van der Waals surface area contributed by atoms with Crippen molar-refractivity contribution in [3.8, 4) is 0 Å². The van der Waals surface area contributed by atoms with E-state index in [1.807, 2.05) is 62.4 Å². The van der Waals surface area contributed by atoms with E-state index >= 15 is 0 Å². The molecule has 1 unspecified atom stereocenters. The van der Waals surface area contributed by atoms with Gasteiger partial charge in [-0.2, -0.15) is 0 Å². The molecule has 106 valence electrons. The normalized spacial score (nSPS) is 17.5. The molecular formula is C18H17NO2. The molecule has 0 aliphatic carbocycles. The topological polar surface area (TPSA) is 38.7 Å². The zero-order chi connectivity index (χ0) is 14.8. The molecule has 2 aromatic carbocycles. The number of hydrogen-bond acceptors (Lipinski definition) is 3. The predicted molar refractivity (Wildman–Crippen MR) is 82.5 cm³/mol. The Morgan fingerprint density at radius 2 is 1.52 bits per heavy atom. The minimum Gasteiger partial charge on any atom is -0.406 e. The number of carbonyl (C=O) groups excluding carboxylic acids is 1. The molecule has 1 heterocycles. The number of esters is 1. The highest BCUT2D eigenvalue weighted by molar-refractivity contribution is 6.06. The summed E-state index contributed by atoms with van der Waals surface area (Å²) in [6, 6.07) is 15.5. The molecule has 3 heteroatoms. The Kier molecular flexibility index (Phi) is 3.57. The fraction of sp³-hybridized carbons (Fsp3) is 0.222. The van der Waals surface area contributed by atoms with Crippen LogP contribution in [0.4, 0.5) is 0 Å². The van der Waals surface area contributed by atoms with Gasteiger partial charge >= 0.3 is 5.97 Å². The molecule has 0 saturated carbocycles. The lowest BCUT2D eigenvalue weighted by Gasteiger charge is -2.03. The Bertz CT molecular complexity index is 684. The van der Waals surface area contributed by atoms with Crippen LogP contribution >= 0.6 is 0 Å². The fourth-order valence-electron chi connectivity index (χ4n) is 2.29. The summed E-state index contributed by atoms with van der Waals surface area (Å²) in [5.41, 5.74) is 4.31. The smallest absolute Gasteiger partial charge is 0.338 e. The molecule has 0 spiro atoms. The van der Waals surface area contributed by atoms with E-state index in [1.54, 1.807) is 0 Å². The van der Waals surface area contributed by atoms with Crippen molar-refractivity contribution in [2.24, 2.45) is 4.99 Å². The highest BCUT2D eigenvalue weighted by atomic mass is 16.6. The second kappa shape index (κ2) is 5.52. The van der Waals surface area contributed by atoms with E-state index in [-0.39, 0.29) is 5.97 Å². The molecule has 0 fully saturated rings. The van der Waals surface area contributed by atoms with Crippen molar-refractivity contribution in [2.75, 3.05) is 0 Å². The summed E-state index contributed by atoms with van der Waals surface area (Å²) in [6.07, 6.45) is 0.578. The standard InChI is InChI=1S/C18H17NO2/c1-12-3-7-14(8-4-12)11-16-18(20)21-17(19-16)15-9-5-13(2)6-10-15/h3-10,16H,11H2,1-2H3. The highest BCUT2D eigenvalue weighted by Gasteiger charge is 2.29. The molecule has 1 aliphatic heterocycles. The molecule has 0 bridgehead atoms. The number of benzene rings is 2. The third-order valence-electron chi connectivity index (χ3n) is 3.59. The molecule has 3 rings (SSSR count). The minimum absolute atomic E-state index is 0.272. The van der Waals surface area contributed by atoms with Gasteiger partial charge in [0.05, 0.1) is 0 Å². The molecule has 1 atom stereocenters. The van der Waals surface area contributed by atoms with Crippen molar-refractivity contribution in [1.29, 1.82) is 0 Å². The first kappa shape index (κ1) is 13.6. The first-order chi connectivity index (χ1) is 10.1. The van der Waals surface area contributed by atoms with Gasteiger partial charge in [-0.3, -0.25) is 0 Å². The molecule has 0 N–H and O–H groups in total. The summed E-state index contributed by atoms with van der Waals surface area (Å²) in [5, 5.41) is 0. The quantitative estimate of drug-likeness (QED) is 0.809. The van der Waals surface area contributed by atoms with E-state index in [0.29, 0.717) is 12.3 Å². The van der Waals surface area contributed by atoms with E-state index in [4.69, 9.17) is 4.74 Å². The number of aryl methyl sites for hydroxylation is 2. The summed E-state index contributed by atoms with van der Waals surface area (Å²) in [4.78, 5) is 16.4. The fourth-order valence-corrected chi connectivity index (χ4v) is 2.29. The Balaban J connectivity index is 1.78. The van der Waals surface area contributed by atoms with E-state index in [2.05, 4.69) is 4.99 Å². The van der Waals surface area contributed by atoms with E-state index in [0.717, 1.165) is 11.1 Å². The van der Waals surface area contributed by atoms with Gasteiger partial charge in [-0.1, -0.05) is 47.5 Å². The molecule has 3 nitrogen and oxygen atoms in total. The van der Waals surface area contributed by atoms with Crippen molar-refractivity contribution in [3.05, 3.63) is 70.8 Å². The van der Waals surface area contributed by atoms with Gasteiger partial charge in [0.15, 0.2) is 6.04 Å². The maximum atomic E-state index is 12.0. The largest absolute Gasteiger partial charge is 0.406 e. The summed E-state index contributed by atoms with van der Waals surface area (Å²) in [7, 11) is 0. The van der Waals surface area contributed by atoms with Crippen molar-refractivity contribution in [3.63, 3.8) is 0 Å². The van der Waals surface area contributed by atoms with Crippen LogP contribution in [-0.2, 0) is 16.0 Å². The van der Waals surface area contributed by atoms with Crippen molar-refractivity contribution >= 4 is 11.9 Å². The van der Waals surface area contributed by atoms with Crippen LogP contribution in [-0.4, -0.2) is 17.9 Å². The third kappa shape index (κ3) is 3.02. The summed E-state index contributed by atoms with van der Waals surface area (Å²) >= 11 is 0. The number of hydrogen-bond donors (Lipinski definition) is 0. The van der Waals surface area contributed by atoms with Crippen LogP contribution in [0.5, 0.6) is 0 Å². The summed E-state index contributed by atoms with van der Waals surface area (Å²) in [6.45, 7) is 4.06. The number of cyclic esters (lactones) is 1. The van der Waals surface area contributed by atoms with E-state index in [1.165, 1.54) is 11.1 Å². The second-order valence-electron chi connectivity index (χ2n) is 5.43. The Labute approximate surface area is 124 Å². The minimum atomic E-state index is -0.441. The zero-order valence-corrected chi connectivity index (χ0v) is 12.2. The molecule has 0 aromatic heterocycles. The Morgan fingerprint density at radius 3 is 2.14 bits per heavy atom. The molecule has 1 aliphatic rings. The van der Waals surface area contributed by atoms with Gasteiger partial charge < -0.3 is 4.74 Å². The van der Waals surface area contributed by atoms with Gasteiger partial charge in [0.25, 0.3) is 0 Å². The Morgan fingerprint density at radius 1 is 0.952 bits per heavy atom. The monoisotopic (exact) mass is 279 g/mol. The van der Waals surface area contributed by atoms with Gasteiger partial charge in [-0.25, -0.2) is 9.79 Å². The molecule has 0 radical (unpaired) electrons. The highest BCUT2D eigenvalue weighted by Crippen LogP contribution is 2.18. The average molecular weight is 279 g/mol. The SMILES string of the molecule is Cc1ccc(CC2N=C(c3ccc(C)cc3)OC2=O)cc1. The molecule has 0 saturated heterocycles. The lowest BCUT2D eigenvalue weighted by atomic mass is 10.1. The van der Waals surface area contributed by atoms with Gasteiger partial charge in [-0.05, 0) is 31.5 Å². The maximum absolute atomic E-state index is 12.0. The summed E-state index contributed by atoms with van der Waals surface area (Å²) < 4.78 is 5.31. The van der Waals surface area contributed by atoms with Crippen molar-refractivity contribution in [2.45, 2.75) is 26.3 Å². The van der Waals surface area contributed by atoms with Crippen LogP contribution in [0.25, 0.3) is 0 Å². The van der Waals surface area contributed by atoms with E-state index < -0.39 is 6.04 Å². The van der Waals surface area contributed by atoms with Crippen LogP contribution < -0.4 is 0 Å². The van der Waals surface area contributed by atoms with Gasteiger partial charge in [0.2, 0.25) is 5.90 Å². The maximum Gasteiger partial charge on any atom is 0.338 e. The van der Waals surface area contributed by atoms with Crippen molar-refractivity contribution in [1.82, 2.24) is 0 Å². The van der Waals surface area contributed by atoms with Gasteiger partial charge in [0.1, 0.15) is 0 Å². The van der Waals surface area contributed by atoms with Crippen LogP contribution in [0.3, 0.4) is 0 Å². The van der Waals surface area contributed by atoms with E-state index in [9.17, 15) is 4.79 Å². The lowest BCUT2D eigenvalue weighted by molar-refractivity contribution is -0.134. The van der Waals surface area contributed by atoms with Crippen LogP contribution in [0.1, 0.15) is 22.3 Å². The van der Waals surface area contributed by atoms with Crippen molar-refractivity contribution < 1.29 is 9.53 Å². The molecule has 21 heavy (non-hydrogen) atoms. The number of carbonyl (C=O) groups is 1. The van der Waals surface area contributed by atoms with Crippen LogP contribution in [0.15, 0.2) is 53.5 Å². The lowest BCUT2D eigenvalue weighted by Crippen LogP contribution is -2.17. The molecule has 0 amide bonds. The van der Waals surface area contributed by atoms with Gasteiger partial charge in [-0.15, -0.1) is 0 Å². The first-order valence-corrected chi connectivity index (χ1v) is 7.04. The number of nitrogens with zero attached hydrogens (tertiary/aromatic N) is 1. The molecule has 2 aromatic rings. The van der Waals surface area contributed by atoms with Crippen LogP contribution in [0, 0.1) is 13.8 Å². The zero-order valence-electron chi connectivity index (χ0n) is 12.2. The average Bonchev–Trinajstić information content (AvgIpc) is 2.83. The second-order valence-corrected chi connectivity index (χ2v) is 5.43. The summed E-state index contributed by atoms with van der Waals surface area (Å²) in [5.74, 6) is 0.156. The number of aliphatic imine (C=N–C) groups is 1. The number of rotatable bonds is 3.